The fourth-order valence-electron chi connectivity index (χ4n) is 1.54. The second-order valence-electron chi connectivity index (χ2n) is 4.07. The van der Waals surface area contributed by atoms with Crippen LogP contribution < -0.4 is 10.6 Å². The molecule has 2 aromatic rings. The molecule has 0 saturated carbocycles. The van der Waals surface area contributed by atoms with Crippen LogP contribution in [0.5, 0.6) is 0 Å². The highest BCUT2D eigenvalue weighted by molar-refractivity contribution is 5.89. The van der Waals surface area contributed by atoms with Gasteiger partial charge < -0.3 is 15.6 Å². The standard InChI is InChI=1S/C13H16N4O/c1-10-2-4-11(5-3-10)17-13(18)15-7-6-12-8-14-9-16-12/h2-5,8-9H,6-7H2,1H3,(H,14,16)(H2,15,17,18). The molecule has 1 aromatic carbocycles. The maximum atomic E-state index is 11.6. The number of aromatic nitrogens is 2. The van der Waals surface area contributed by atoms with Crippen molar-refractivity contribution < 1.29 is 4.79 Å². The van der Waals surface area contributed by atoms with Crippen molar-refractivity contribution in [2.45, 2.75) is 13.3 Å². The second-order valence-corrected chi connectivity index (χ2v) is 4.07. The summed E-state index contributed by atoms with van der Waals surface area (Å²) in [7, 11) is 0. The number of rotatable bonds is 4. The van der Waals surface area contributed by atoms with Crippen molar-refractivity contribution in [1.29, 1.82) is 0 Å². The number of hydrogen-bond acceptors (Lipinski definition) is 2. The van der Waals surface area contributed by atoms with Crippen LogP contribution in [0.2, 0.25) is 0 Å². The number of amides is 2. The molecule has 0 fully saturated rings. The van der Waals surface area contributed by atoms with Gasteiger partial charge in [0.15, 0.2) is 0 Å². The van der Waals surface area contributed by atoms with Crippen molar-refractivity contribution in [2.75, 3.05) is 11.9 Å². The predicted molar refractivity (Wildman–Crippen MR) is 70.5 cm³/mol. The summed E-state index contributed by atoms with van der Waals surface area (Å²) < 4.78 is 0. The van der Waals surface area contributed by atoms with Gasteiger partial charge in [-0.1, -0.05) is 17.7 Å². The molecule has 2 rings (SSSR count). The molecule has 0 aliphatic carbocycles. The highest BCUT2D eigenvalue weighted by Gasteiger charge is 2.01. The van der Waals surface area contributed by atoms with Crippen LogP contribution >= 0.6 is 0 Å². The highest BCUT2D eigenvalue weighted by Crippen LogP contribution is 2.07. The lowest BCUT2D eigenvalue weighted by Crippen LogP contribution is -2.30. The number of anilines is 1. The topological polar surface area (TPSA) is 69.8 Å². The minimum atomic E-state index is -0.196. The lowest BCUT2D eigenvalue weighted by molar-refractivity contribution is 0.252. The molecular weight excluding hydrogens is 228 g/mol. The molecule has 18 heavy (non-hydrogen) atoms. The lowest BCUT2D eigenvalue weighted by atomic mass is 10.2. The molecular formula is C13H16N4O. The van der Waals surface area contributed by atoms with E-state index in [9.17, 15) is 4.79 Å². The number of hydrogen-bond donors (Lipinski definition) is 3. The summed E-state index contributed by atoms with van der Waals surface area (Å²) in [6.45, 7) is 2.58. The van der Waals surface area contributed by atoms with E-state index in [0.717, 1.165) is 17.8 Å². The first kappa shape index (κ1) is 12.2. The average Bonchev–Trinajstić information content (AvgIpc) is 2.85. The number of nitrogens with zero attached hydrogens (tertiary/aromatic N) is 1. The van der Waals surface area contributed by atoms with Crippen molar-refractivity contribution in [3.8, 4) is 0 Å². The van der Waals surface area contributed by atoms with E-state index in [1.54, 1.807) is 12.5 Å². The van der Waals surface area contributed by atoms with Gasteiger partial charge in [0.2, 0.25) is 0 Å². The third-order valence-corrected chi connectivity index (χ3v) is 2.54. The zero-order valence-electron chi connectivity index (χ0n) is 10.2. The van der Waals surface area contributed by atoms with Crippen molar-refractivity contribution in [1.82, 2.24) is 15.3 Å². The van der Waals surface area contributed by atoms with Crippen LogP contribution in [0.25, 0.3) is 0 Å². The first-order valence-corrected chi connectivity index (χ1v) is 5.83. The summed E-state index contributed by atoms with van der Waals surface area (Å²) >= 11 is 0. The fourth-order valence-corrected chi connectivity index (χ4v) is 1.54. The van der Waals surface area contributed by atoms with Crippen molar-refractivity contribution in [2.24, 2.45) is 0 Å². The Labute approximate surface area is 106 Å². The minimum Gasteiger partial charge on any atom is -0.348 e. The van der Waals surface area contributed by atoms with Crippen molar-refractivity contribution in [3.63, 3.8) is 0 Å². The number of carbonyl (C=O) groups is 1. The number of imidazole rings is 1. The smallest absolute Gasteiger partial charge is 0.319 e. The summed E-state index contributed by atoms with van der Waals surface area (Å²) in [6.07, 6.45) is 4.11. The molecule has 0 aliphatic rings. The number of aromatic amines is 1. The minimum absolute atomic E-state index is 0.196. The van der Waals surface area contributed by atoms with Gasteiger partial charge in [-0.05, 0) is 19.1 Å². The van der Waals surface area contributed by atoms with Crippen LogP contribution in [-0.4, -0.2) is 22.5 Å². The van der Waals surface area contributed by atoms with E-state index < -0.39 is 0 Å². The molecule has 0 atom stereocenters. The molecule has 0 aliphatic heterocycles. The van der Waals surface area contributed by atoms with Crippen LogP contribution in [0, 0.1) is 6.92 Å². The normalized spacial score (nSPS) is 10.1. The molecule has 1 aromatic heterocycles. The largest absolute Gasteiger partial charge is 0.348 e. The van der Waals surface area contributed by atoms with Gasteiger partial charge in [-0.25, -0.2) is 9.78 Å². The molecule has 0 saturated heterocycles. The van der Waals surface area contributed by atoms with E-state index in [1.807, 2.05) is 31.2 Å². The molecule has 94 valence electrons. The molecule has 0 spiro atoms. The number of benzene rings is 1. The first-order chi connectivity index (χ1) is 8.74. The van der Waals surface area contributed by atoms with Crippen molar-refractivity contribution in [3.05, 3.63) is 48.0 Å². The third-order valence-electron chi connectivity index (χ3n) is 2.54. The number of urea groups is 1. The van der Waals surface area contributed by atoms with Gasteiger partial charge in [-0.15, -0.1) is 0 Å². The average molecular weight is 244 g/mol. The second kappa shape index (κ2) is 5.86. The first-order valence-electron chi connectivity index (χ1n) is 5.83. The maximum absolute atomic E-state index is 11.6. The Bertz CT molecular complexity index is 490. The van der Waals surface area contributed by atoms with Gasteiger partial charge in [0.1, 0.15) is 0 Å². The van der Waals surface area contributed by atoms with Crippen LogP contribution in [0.1, 0.15) is 11.3 Å². The van der Waals surface area contributed by atoms with E-state index >= 15 is 0 Å². The molecule has 5 heteroatoms. The van der Waals surface area contributed by atoms with E-state index in [2.05, 4.69) is 20.6 Å². The number of aryl methyl sites for hydroxylation is 1. The Hall–Kier alpha value is -2.30. The van der Waals surface area contributed by atoms with Gasteiger partial charge >= 0.3 is 6.03 Å². The SMILES string of the molecule is Cc1ccc(NC(=O)NCCc2cnc[nH]2)cc1. The van der Waals surface area contributed by atoms with E-state index in [0.29, 0.717) is 6.54 Å². The molecule has 1 heterocycles. The third kappa shape index (κ3) is 3.62. The van der Waals surface area contributed by atoms with Crippen molar-refractivity contribution >= 4 is 11.7 Å². The molecule has 0 bridgehead atoms. The Kier molecular flexibility index (Phi) is 3.96. The lowest BCUT2D eigenvalue weighted by Gasteiger charge is -2.07. The van der Waals surface area contributed by atoms with E-state index in [1.165, 1.54) is 5.56 Å². The van der Waals surface area contributed by atoms with Crippen LogP contribution in [0.3, 0.4) is 0 Å². The number of H-pyrrole nitrogens is 1. The quantitative estimate of drug-likeness (QED) is 0.770. The Morgan fingerprint density at radius 1 is 1.33 bits per heavy atom. The molecule has 0 radical (unpaired) electrons. The van der Waals surface area contributed by atoms with Gasteiger partial charge in [-0.2, -0.15) is 0 Å². The molecule has 2 amide bonds. The monoisotopic (exact) mass is 244 g/mol. The zero-order valence-corrected chi connectivity index (χ0v) is 10.2. The van der Waals surface area contributed by atoms with Crippen LogP contribution in [0.15, 0.2) is 36.8 Å². The molecule has 0 unspecified atom stereocenters. The summed E-state index contributed by atoms with van der Waals surface area (Å²) in [5, 5.41) is 5.56. The maximum Gasteiger partial charge on any atom is 0.319 e. The Morgan fingerprint density at radius 2 is 2.11 bits per heavy atom. The Balaban J connectivity index is 1.73. The summed E-state index contributed by atoms with van der Waals surface area (Å²) in [5.74, 6) is 0. The van der Waals surface area contributed by atoms with Crippen LogP contribution in [-0.2, 0) is 6.42 Å². The summed E-state index contributed by atoms with van der Waals surface area (Å²) in [5.41, 5.74) is 2.96. The zero-order chi connectivity index (χ0) is 12.8. The van der Waals surface area contributed by atoms with Gasteiger partial charge in [0.05, 0.1) is 6.33 Å². The van der Waals surface area contributed by atoms with E-state index in [-0.39, 0.29) is 6.03 Å². The summed E-state index contributed by atoms with van der Waals surface area (Å²) in [6, 6.07) is 7.48. The van der Waals surface area contributed by atoms with Crippen LogP contribution in [0.4, 0.5) is 10.5 Å². The van der Waals surface area contributed by atoms with Gasteiger partial charge in [0.25, 0.3) is 0 Å². The molecule has 3 N–H and O–H groups in total. The number of carbonyl (C=O) groups excluding carboxylic acids is 1. The predicted octanol–water partition coefficient (Wildman–Crippen LogP) is 2.08. The highest BCUT2D eigenvalue weighted by atomic mass is 16.2. The van der Waals surface area contributed by atoms with E-state index in [4.69, 9.17) is 0 Å². The number of nitrogens with one attached hydrogen (secondary N) is 3. The summed E-state index contributed by atoms with van der Waals surface area (Å²) in [4.78, 5) is 18.5. The fraction of sp³-hybridized carbons (Fsp3) is 0.231. The Morgan fingerprint density at radius 3 is 2.78 bits per heavy atom. The van der Waals surface area contributed by atoms with Gasteiger partial charge in [-0.3, -0.25) is 0 Å². The van der Waals surface area contributed by atoms with Gasteiger partial charge in [0, 0.05) is 30.5 Å². The molecule has 5 nitrogen and oxygen atoms in total.